The molecule has 6 atom stereocenters. The van der Waals surface area contributed by atoms with Crippen LogP contribution in [0.3, 0.4) is 0 Å². The van der Waals surface area contributed by atoms with Gasteiger partial charge < -0.3 is 19.6 Å². The SMILES string of the molecule is C=CCOC(=O)[C@H]1[C@H]2C(=O)N([C@@H](CO)CC(C)C)C(C(=O)N(CC=C)Cn3nnc4ccccc43)C23CC[C@]1(C)S3. The summed E-state index contributed by atoms with van der Waals surface area (Å²) < 4.78 is 5.81. The summed E-state index contributed by atoms with van der Waals surface area (Å²) in [5, 5.41) is 19.0. The number of aromatic nitrogens is 3. The van der Waals surface area contributed by atoms with E-state index < -0.39 is 39.4 Å². The molecule has 3 aliphatic rings. The lowest BCUT2D eigenvalue weighted by Gasteiger charge is -2.40. The molecule has 5 rings (SSSR count). The number of hydrogen-bond acceptors (Lipinski definition) is 8. The molecular weight excluding hydrogens is 542 g/mol. The number of carbonyl (C=O) groups excluding carboxylic acids is 3. The van der Waals surface area contributed by atoms with E-state index >= 15 is 0 Å². The fourth-order valence-electron chi connectivity index (χ4n) is 7.17. The number of fused-ring (bicyclic) bond motifs is 2. The van der Waals surface area contributed by atoms with E-state index in [4.69, 9.17) is 4.74 Å². The Morgan fingerprint density at radius 3 is 2.71 bits per heavy atom. The fourth-order valence-corrected chi connectivity index (χ4v) is 9.50. The third kappa shape index (κ3) is 4.76. The Balaban J connectivity index is 1.58. The molecule has 2 unspecified atom stereocenters. The standard InChI is InChI=1S/C30H39N5O5S/c1-6-14-33(18-34-22-11-9-8-10-21(22)31-32-34)27(38)25-30-13-12-29(5,41-30)24(28(39)40-15-7-2)23(30)26(37)35(25)20(17-36)16-19(3)4/h6-11,19-20,23-25,36H,1-2,12-18H2,3-5H3/t20-,23+,24-,25?,29+,30?/m1/s1. The van der Waals surface area contributed by atoms with Gasteiger partial charge in [0.05, 0.1) is 34.7 Å². The monoisotopic (exact) mass is 581 g/mol. The Labute approximate surface area is 244 Å². The van der Waals surface area contributed by atoms with Crippen molar-refractivity contribution in [2.45, 2.75) is 68.3 Å². The molecule has 2 aromatic rings. The third-order valence-electron chi connectivity index (χ3n) is 8.78. The fraction of sp³-hybridized carbons (Fsp3) is 0.567. The van der Waals surface area contributed by atoms with Gasteiger partial charge in [-0.3, -0.25) is 14.4 Å². The molecule has 3 saturated heterocycles. The van der Waals surface area contributed by atoms with E-state index in [0.717, 1.165) is 5.52 Å². The van der Waals surface area contributed by atoms with Crippen molar-refractivity contribution in [3.63, 3.8) is 0 Å². The van der Waals surface area contributed by atoms with Crippen LogP contribution in [0.2, 0.25) is 0 Å². The molecule has 3 aliphatic heterocycles. The highest BCUT2D eigenvalue weighted by molar-refractivity contribution is 8.02. The second-order valence-electron chi connectivity index (χ2n) is 11.9. The Hall–Kier alpha value is -3.18. The Morgan fingerprint density at radius 1 is 1.27 bits per heavy atom. The van der Waals surface area contributed by atoms with Gasteiger partial charge in [0.1, 0.15) is 24.8 Å². The zero-order chi connectivity index (χ0) is 29.5. The minimum atomic E-state index is -0.866. The van der Waals surface area contributed by atoms with Crippen molar-refractivity contribution >= 4 is 40.6 Å². The van der Waals surface area contributed by atoms with Gasteiger partial charge >= 0.3 is 5.97 Å². The van der Waals surface area contributed by atoms with Crippen LogP contribution < -0.4 is 0 Å². The molecule has 1 aromatic heterocycles. The number of thioether (sulfide) groups is 1. The van der Waals surface area contributed by atoms with Gasteiger partial charge in [-0.05, 0) is 44.2 Å². The molecule has 10 nitrogen and oxygen atoms in total. The molecule has 1 spiro atoms. The van der Waals surface area contributed by atoms with Gasteiger partial charge in [-0.1, -0.05) is 49.9 Å². The van der Waals surface area contributed by atoms with Crippen molar-refractivity contribution in [2.75, 3.05) is 19.8 Å². The highest BCUT2D eigenvalue weighted by Crippen LogP contribution is 2.71. The smallest absolute Gasteiger partial charge is 0.311 e. The van der Waals surface area contributed by atoms with E-state index in [-0.39, 0.29) is 44.2 Å². The molecule has 0 aliphatic carbocycles. The van der Waals surface area contributed by atoms with Gasteiger partial charge in [0.25, 0.3) is 0 Å². The Bertz CT molecular complexity index is 1360. The van der Waals surface area contributed by atoms with Crippen molar-refractivity contribution in [3.8, 4) is 0 Å². The average molecular weight is 582 g/mol. The van der Waals surface area contributed by atoms with Crippen LogP contribution in [-0.4, -0.2) is 89.0 Å². The van der Waals surface area contributed by atoms with E-state index in [2.05, 4.69) is 23.5 Å². The van der Waals surface area contributed by atoms with Gasteiger partial charge in [0.2, 0.25) is 11.8 Å². The Morgan fingerprint density at radius 2 is 2.02 bits per heavy atom. The molecule has 11 heteroatoms. The Kier molecular flexibility index (Phi) is 8.04. The molecule has 4 heterocycles. The number of carbonyl (C=O) groups is 3. The summed E-state index contributed by atoms with van der Waals surface area (Å²) in [4.78, 5) is 45.8. The molecule has 0 radical (unpaired) electrons. The first-order chi connectivity index (χ1) is 19.6. The normalized spacial score (nSPS) is 29.1. The maximum Gasteiger partial charge on any atom is 0.311 e. The van der Waals surface area contributed by atoms with E-state index in [9.17, 15) is 19.5 Å². The van der Waals surface area contributed by atoms with E-state index in [1.807, 2.05) is 45.0 Å². The molecule has 1 N–H and O–H groups in total. The predicted octanol–water partition coefficient (Wildman–Crippen LogP) is 3.02. The van der Waals surface area contributed by atoms with Crippen LogP contribution in [0, 0.1) is 17.8 Å². The van der Waals surface area contributed by atoms with Crippen molar-refractivity contribution in [1.82, 2.24) is 24.8 Å². The molecule has 220 valence electrons. The third-order valence-corrected chi connectivity index (χ3v) is 10.8. The predicted molar refractivity (Wildman–Crippen MR) is 156 cm³/mol. The molecule has 3 fully saturated rings. The highest BCUT2D eigenvalue weighted by Gasteiger charge is 2.78. The minimum absolute atomic E-state index is 0.0572. The molecule has 0 saturated carbocycles. The number of aliphatic hydroxyl groups excluding tert-OH is 1. The number of amides is 2. The average Bonchev–Trinajstić information content (AvgIpc) is 3.65. The largest absolute Gasteiger partial charge is 0.461 e. The number of aliphatic hydroxyl groups is 1. The van der Waals surface area contributed by atoms with Crippen LogP contribution >= 0.6 is 11.8 Å². The number of hydrogen-bond donors (Lipinski definition) is 1. The number of ether oxygens (including phenoxy) is 1. The van der Waals surface area contributed by atoms with Gasteiger partial charge in [0, 0.05) is 11.3 Å². The lowest BCUT2D eigenvalue weighted by atomic mass is 9.66. The van der Waals surface area contributed by atoms with Gasteiger partial charge in [-0.25, -0.2) is 4.68 Å². The summed E-state index contributed by atoms with van der Waals surface area (Å²) in [6.45, 7) is 13.7. The highest BCUT2D eigenvalue weighted by atomic mass is 32.2. The quantitative estimate of drug-likeness (QED) is 0.300. The maximum atomic E-state index is 14.7. The van der Waals surface area contributed by atoms with Crippen LogP contribution in [0.25, 0.3) is 11.0 Å². The first-order valence-corrected chi connectivity index (χ1v) is 15.0. The number of benzene rings is 1. The first kappa shape index (κ1) is 29.3. The van der Waals surface area contributed by atoms with Gasteiger partial charge in [0.15, 0.2) is 0 Å². The topological polar surface area (TPSA) is 118 Å². The van der Waals surface area contributed by atoms with Crippen LogP contribution in [0.1, 0.15) is 40.0 Å². The van der Waals surface area contributed by atoms with Crippen LogP contribution in [-0.2, 0) is 25.8 Å². The molecular formula is C30H39N5O5S. The van der Waals surface area contributed by atoms with E-state index in [1.54, 1.807) is 32.3 Å². The molecule has 1 aromatic carbocycles. The minimum Gasteiger partial charge on any atom is -0.461 e. The number of nitrogens with zero attached hydrogens (tertiary/aromatic N) is 5. The van der Waals surface area contributed by atoms with Crippen molar-refractivity contribution in [3.05, 3.63) is 49.6 Å². The summed E-state index contributed by atoms with van der Waals surface area (Å²) in [6, 6.07) is 6.09. The summed E-state index contributed by atoms with van der Waals surface area (Å²) in [7, 11) is 0. The van der Waals surface area contributed by atoms with E-state index in [0.29, 0.717) is 24.8 Å². The maximum absolute atomic E-state index is 14.7. The van der Waals surface area contributed by atoms with Gasteiger partial charge in [-0.15, -0.1) is 23.4 Å². The second-order valence-corrected chi connectivity index (χ2v) is 13.8. The lowest BCUT2D eigenvalue weighted by molar-refractivity contribution is -0.155. The van der Waals surface area contributed by atoms with E-state index in [1.165, 1.54) is 6.08 Å². The van der Waals surface area contributed by atoms with Gasteiger partial charge in [-0.2, -0.15) is 0 Å². The number of esters is 1. The first-order valence-electron chi connectivity index (χ1n) is 14.2. The second kappa shape index (κ2) is 11.2. The summed E-state index contributed by atoms with van der Waals surface area (Å²) in [5.41, 5.74) is 1.50. The number of likely N-dealkylation sites (tertiary alicyclic amines) is 1. The van der Waals surface area contributed by atoms with Crippen molar-refractivity contribution < 1.29 is 24.2 Å². The number of rotatable bonds is 12. The molecule has 2 bridgehead atoms. The summed E-state index contributed by atoms with van der Waals surface area (Å²) >= 11 is 1.58. The summed E-state index contributed by atoms with van der Waals surface area (Å²) in [6.07, 6.45) is 4.97. The van der Waals surface area contributed by atoms with Crippen LogP contribution in [0.4, 0.5) is 0 Å². The zero-order valence-corrected chi connectivity index (χ0v) is 24.8. The number of para-hydroxylation sites is 1. The van der Waals surface area contributed by atoms with Crippen LogP contribution in [0.5, 0.6) is 0 Å². The van der Waals surface area contributed by atoms with Crippen molar-refractivity contribution in [2.24, 2.45) is 17.8 Å². The lowest BCUT2D eigenvalue weighted by Crippen LogP contribution is -2.57. The summed E-state index contributed by atoms with van der Waals surface area (Å²) in [5.74, 6) is -2.19. The van der Waals surface area contributed by atoms with Crippen LogP contribution in [0.15, 0.2) is 49.6 Å². The van der Waals surface area contributed by atoms with Crippen molar-refractivity contribution in [1.29, 1.82) is 0 Å². The molecule has 2 amide bonds. The zero-order valence-electron chi connectivity index (χ0n) is 23.9. The molecule has 41 heavy (non-hydrogen) atoms.